The van der Waals surface area contributed by atoms with Crippen molar-refractivity contribution < 1.29 is 9.59 Å². The van der Waals surface area contributed by atoms with Gasteiger partial charge in [-0.1, -0.05) is 0 Å². The zero-order chi connectivity index (χ0) is 19.1. The maximum absolute atomic E-state index is 12.8. The maximum atomic E-state index is 12.8. The van der Waals surface area contributed by atoms with Gasteiger partial charge in [-0.15, -0.1) is 0 Å². The van der Waals surface area contributed by atoms with E-state index in [-0.39, 0.29) is 23.3 Å². The van der Waals surface area contributed by atoms with Crippen molar-refractivity contribution in [3.8, 4) is 11.3 Å². The van der Waals surface area contributed by atoms with E-state index in [1.165, 1.54) is 0 Å². The van der Waals surface area contributed by atoms with Gasteiger partial charge in [0.1, 0.15) is 0 Å². The van der Waals surface area contributed by atoms with Crippen molar-refractivity contribution in [2.24, 2.45) is 5.92 Å². The third kappa shape index (κ3) is 3.13. The Morgan fingerprint density at radius 1 is 1.19 bits per heavy atom. The molecular weight excluding hydrogens is 344 g/mol. The number of nitrogens with zero attached hydrogens (tertiary/aromatic N) is 3. The fourth-order valence-corrected chi connectivity index (χ4v) is 4.24. The summed E-state index contributed by atoms with van der Waals surface area (Å²) in [6.07, 6.45) is 2.56. The number of fused-ring (bicyclic) bond motifs is 4. The first kappa shape index (κ1) is 17.5. The predicted molar refractivity (Wildman–Crippen MR) is 100 cm³/mol. The van der Waals surface area contributed by atoms with Crippen molar-refractivity contribution in [2.45, 2.75) is 25.8 Å². The summed E-state index contributed by atoms with van der Waals surface area (Å²) in [6, 6.07) is 6.91. The largest absolute Gasteiger partial charge is 0.355 e. The van der Waals surface area contributed by atoms with Crippen LogP contribution >= 0.6 is 0 Å². The molecule has 2 aromatic rings. The second-order valence-electron chi connectivity index (χ2n) is 7.35. The van der Waals surface area contributed by atoms with Crippen LogP contribution in [0.2, 0.25) is 0 Å². The summed E-state index contributed by atoms with van der Waals surface area (Å²) in [7, 11) is 1.58. The van der Waals surface area contributed by atoms with E-state index in [1.807, 2.05) is 15.5 Å². The SMILES string of the molecule is CNC(=O)c1ccnc(-c2cc3n(c(=O)c2)C[C@H]2C[C@@H]3CN(C(C)=O)C2)c1. The van der Waals surface area contributed by atoms with Gasteiger partial charge in [0.15, 0.2) is 0 Å². The lowest BCUT2D eigenvalue weighted by molar-refractivity contribution is -0.131. The fraction of sp³-hybridized carbons (Fsp3) is 0.400. The van der Waals surface area contributed by atoms with Gasteiger partial charge in [0.25, 0.3) is 11.5 Å². The highest BCUT2D eigenvalue weighted by Crippen LogP contribution is 2.36. The van der Waals surface area contributed by atoms with Gasteiger partial charge < -0.3 is 14.8 Å². The van der Waals surface area contributed by atoms with Gasteiger partial charge in [-0.05, 0) is 30.5 Å². The monoisotopic (exact) mass is 366 g/mol. The van der Waals surface area contributed by atoms with E-state index in [4.69, 9.17) is 0 Å². The van der Waals surface area contributed by atoms with Crippen LogP contribution in [0.4, 0.5) is 0 Å². The Balaban J connectivity index is 1.76. The molecule has 2 amide bonds. The first-order valence-electron chi connectivity index (χ1n) is 9.15. The smallest absolute Gasteiger partial charge is 0.251 e. The van der Waals surface area contributed by atoms with Crippen LogP contribution in [0.1, 0.15) is 35.3 Å². The van der Waals surface area contributed by atoms with E-state index in [0.29, 0.717) is 35.8 Å². The quantitative estimate of drug-likeness (QED) is 0.867. The number of rotatable bonds is 2. The molecule has 0 radical (unpaired) electrons. The summed E-state index contributed by atoms with van der Waals surface area (Å²) in [6.45, 7) is 3.59. The molecule has 0 spiro atoms. The second-order valence-corrected chi connectivity index (χ2v) is 7.35. The summed E-state index contributed by atoms with van der Waals surface area (Å²) in [5, 5.41) is 2.60. The lowest BCUT2D eigenvalue weighted by atomic mass is 9.82. The number of amides is 2. The standard InChI is InChI=1S/C20H22N4O3/c1-12(25)23-9-13-5-16(11-23)18-7-15(8-19(26)24(18)10-13)17-6-14(3-4-22-17)20(27)21-2/h3-4,6-8,13,16H,5,9-11H2,1-2H3,(H,21,27)/t13-,16+/m0/s1. The van der Waals surface area contributed by atoms with Crippen LogP contribution in [-0.4, -0.2) is 46.4 Å². The van der Waals surface area contributed by atoms with Crippen LogP contribution in [0.15, 0.2) is 35.3 Å². The van der Waals surface area contributed by atoms with E-state index in [0.717, 1.165) is 18.7 Å². The fourth-order valence-electron chi connectivity index (χ4n) is 4.24. The van der Waals surface area contributed by atoms with E-state index in [9.17, 15) is 14.4 Å². The van der Waals surface area contributed by atoms with Crippen LogP contribution in [0.3, 0.4) is 0 Å². The highest BCUT2D eigenvalue weighted by molar-refractivity contribution is 5.94. The molecule has 0 aliphatic carbocycles. The third-order valence-corrected chi connectivity index (χ3v) is 5.55. The van der Waals surface area contributed by atoms with E-state index in [1.54, 1.807) is 38.4 Å². The molecule has 2 bridgehead atoms. The zero-order valence-corrected chi connectivity index (χ0v) is 15.4. The first-order valence-corrected chi connectivity index (χ1v) is 9.15. The molecule has 2 atom stereocenters. The molecule has 27 heavy (non-hydrogen) atoms. The molecule has 7 nitrogen and oxygen atoms in total. The van der Waals surface area contributed by atoms with Crippen molar-refractivity contribution in [1.29, 1.82) is 0 Å². The predicted octanol–water partition coefficient (Wildman–Crippen LogP) is 1.24. The summed E-state index contributed by atoms with van der Waals surface area (Å²) in [4.78, 5) is 42.7. The van der Waals surface area contributed by atoms with Gasteiger partial charge in [-0.2, -0.15) is 0 Å². The molecular formula is C20H22N4O3. The zero-order valence-electron chi connectivity index (χ0n) is 15.4. The molecule has 0 saturated carbocycles. The van der Waals surface area contributed by atoms with Crippen LogP contribution in [-0.2, 0) is 11.3 Å². The van der Waals surface area contributed by atoms with Crippen molar-refractivity contribution >= 4 is 11.8 Å². The molecule has 2 aliphatic rings. The van der Waals surface area contributed by atoms with Gasteiger partial charge in [0.05, 0.1) is 5.69 Å². The van der Waals surface area contributed by atoms with Gasteiger partial charge in [0, 0.05) is 68.6 Å². The lowest BCUT2D eigenvalue weighted by Gasteiger charge is -2.42. The average Bonchev–Trinajstić information content (AvgIpc) is 2.68. The van der Waals surface area contributed by atoms with E-state index < -0.39 is 0 Å². The van der Waals surface area contributed by atoms with Crippen LogP contribution in [0.5, 0.6) is 0 Å². The summed E-state index contributed by atoms with van der Waals surface area (Å²) < 4.78 is 1.84. The van der Waals surface area contributed by atoms with Gasteiger partial charge in [-0.3, -0.25) is 19.4 Å². The molecule has 140 valence electrons. The topological polar surface area (TPSA) is 84.3 Å². The van der Waals surface area contributed by atoms with E-state index in [2.05, 4.69) is 10.3 Å². The number of carbonyl (C=O) groups is 2. The Bertz CT molecular complexity index is 981. The number of piperidine rings is 1. The number of likely N-dealkylation sites (tertiary alicyclic amines) is 1. The lowest BCUT2D eigenvalue weighted by Crippen LogP contribution is -2.48. The van der Waals surface area contributed by atoms with E-state index >= 15 is 0 Å². The first-order chi connectivity index (χ1) is 13.0. The average molecular weight is 366 g/mol. The van der Waals surface area contributed by atoms with Crippen molar-refractivity contribution in [2.75, 3.05) is 20.1 Å². The maximum Gasteiger partial charge on any atom is 0.251 e. The molecule has 0 unspecified atom stereocenters. The van der Waals surface area contributed by atoms with Crippen molar-refractivity contribution in [1.82, 2.24) is 19.8 Å². The normalized spacial score (nSPS) is 20.7. The number of hydrogen-bond acceptors (Lipinski definition) is 4. The van der Waals surface area contributed by atoms with Crippen molar-refractivity contribution in [3.63, 3.8) is 0 Å². The van der Waals surface area contributed by atoms with Crippen LogP contribution in [0.25, 0.3) is 11.3 Å². The minimum atomic E-state index is -0.194. The number of pyridine rings is 2. The Morgan fingerprint density at radius 2 is 2.00 bits per heavy atom. The molecule has 1 N–H and O–H groups in total. The summed E-state index contributed by atoms with van der Waals surface area (Å²) >= 11 is 0. The Morgan fingerprint density at radius 3 is 2.74 bits per heavy atom. The number of carbonyl (C=O) groups excluding carboxylic acids is 2. The Kier molecular flexibility index (Phi) is 4.30. The summed E-state index contributed by atoms with van der Waals surface area (Å²) in [5.41, 5.74) is 2.70. The van der Waals surface area contributed by atoms with Gasteiger partial charge in [-0.25, -0.2) is 0 Å². The van der Waals surface area contributed by atoms with Gasteiger partial charge in [0.2, 0.25) is 5.91 Å². The number of nitrogens with one attached hydrogen (secondary N) is 1. The summed E-state index contributed by atoms with van der Waals surface area (Å²) in [5.74, 6) is 0.353. The minimum absolute atomic E-state index is 0.0550. The van der Waals surface area contributed by atoms with Gasteiger partial charge >= 0.3 is 0 Å². The Labute approximate surface area is 157 Å². The molecule has 7 heteroatoms. The minimum Gasteiger partial charge on any atom is -0.355 e. The number of hydrogen-bond donors (Lipinski definition) is 1. The highest BCUT2D eigenvalue weighted by atomic mass is 16.2. The van der Waals surface area contributed by atoms with Crippen LogP contribution in [0, 0.1) is 5.92 Å². The molecule has 2 aromatic heterocycles. The number of aromatic nitrogens is 2. The molecule has 1 saturated heterocycles. The second kappa shape index (κ2) is 6.64. The molecule has 4 heterocycles. The molecule has 0 aromatic carbocycles. The Hall–Kier alpha value is -2.96. The van der Waals surface area contributed by atoms with Crippen LogP contribution < -0.4 is 10.9 Å². The molecule has 2 aliphatic heterocycles. The van der Waals surface area contributed by atoms with Crippen molar-refractivity contribution in [3.05, 3.63) is 52.1 Å². The molecule has 1 fully saturated rings. The molecule has 4 rings (SSSR count). The highest BCUT2D eigenvalue weighted by Gasteiger charge is 2.35. The third-order valence-electron chi connectivity index (χ3n) is 5.55.